The number of amides is 2. The number of benzene rings is 1. The van der Waals surface area contributed by atoms with Crippen molar-refractivity contribution in [1.82, 2.24) is 14.8 Å². The molecule has 0 radical (unpaired) electrons. The number of aryl methyl sites for hydroxylation is 1. The van der Waals surface area contributed by atoms with Gasteiger partial charge >= 0.3 is 0 Å². The van der Waals surface area contributed by atoms with Gasteiger partial charge in [0.15, 0.2) is 0 Å². The van der Waals surface area contributed by atoms with Gasteiger partial charge in [0.1, 0.15) is 5.82 Å². The smallest absolute Gasteiger partial charge is 0.255 e. The van der Waals surface area contributed by atoms with Gasteiger partial charge in [-0.3, -0.25) is 14.6 Å². The summed E-state index contributed by atoms with van der Waals surface area (Å²) >= 11 is 0. The van der Waals surface area contributed by atoms with Crippen LogP contribution in [0.15, 0.2) is 42.6 Å². The van der Waals surface area contributed by atoms with Crippen molar-refractivity contribution in [3.05, 3.63) is 65.2 Å². The van der Waals surface area contributed by atoms with Crippen molar-refractivity contribution in [3.63, 3.8) is 0 Å². The minimum absolute atomic E-state index is 0.0540. The minimum atomic E-state index is -0.365. The molecule has 5 nitrogen and oxygen atoms in total. The lowest BCUT2D eigenvalue weighted by molar-refractivity contribution is 0.0718. The molecule has 0 bridgehead atoms. The first kappa shape index (κ1) is 17.1. The molecule has 6 heteroatoms. The maximum Gasteiger partial charge on any atom is 0.255 e. The molecule has 1 aromatic carbocycles. The van der Waals surface area contributed by atoms with Crippen LogP contribution in [0.2, 0.25) is 0 Å². The largest absolute Gasteiger partial charge is 0.337 e. The second-order valence-electron chi connectivity index (χ2n) is 6.08. The Morgan fingerprint density at radius 1 is 0.960 bits per heavy atom. The molecule has 130 valence electrons. The van der Waals surface area contributed by atoms with E-state index in [1.807, 2.05) is 6.92 Å². The lowest BCUT2D eigenvalue weighted by Gasteiger charge is -2.22. The molecule has 1 aliphatic heterocycles. The Morgan fingerprint density at radius 3 is 2.24 bits per heavy atom. The maximum atomic E-state index is 13.0. The quantitative estimate of drug-likeness (QED) is 0.843. The summed E-state index contributed by atoms with van der Waals surface area (Å²) in [4.78, 5) is 32.9. The summed E-state index contributed by atoms with van der Waals surface area (Å²) in [6, 6.07) is 9.08. The molecule has 0 N–H and O–H groups in total. The number of nitrogens with zero attached hydrogens (tertiary/aromatic N) is 3. The summed E-state index contributed by atoms with van der Waals surface area (Å²) in [5.74, 6) is -0.551. The average molecular weight is 341 g/mol. The zero-order valence-corrected chi connectivity index (χ0v) is 14.1. The standard InChI is InChI=1S/C19H20FN3O2/c1-14-17(4-2-9-21-14)19(25)23-11-3-10-22(12-13-23)18(24)15-5-7-16(20)8-6-15/h2,4-9H,3,10-13H2,1H3. The van der Waals surface area contributed by atoms with Crippen LogP contribution >= 0.6 is 0 Å². The number of carbonyl (C=O) groups is 2. The van der Waals surface area contributed by atoms with Crippen molar-refractivity contribution in [3.8, 4) is 0 Å². The van der Waals surface area contributed by atoms with Crippen LogP contribution < -0.4 is 0 Å². The molecule has 2 aromatic rings. The third kappa shape index (κ3) is 3.84. The second-order valence-corrected chi connectivity index (χ2v) is 6.08. The Balaban J connectivity index is 1.68. The van der Waals surface area contributed by atoms with Crippen molar-refractivity contribution in [2.75, 3.05) is 26.2 Å². The SMILES string of the molecule is Cc1ncccc1C(=O)N1CCCN(C(=O)c2ccc(F)cc2)CC1. The molecule has 1 aromatic heterocycles. The van der Waals surface area contributed by atoms with Gasteiger partial charge < -0.3 is 9.80 Å². The molecule has 2 amide bonds. The number of halogens is 1. The number of rotatable bonds is 2. The van der Waals surface area contributed by atoms with Gasteiger partial charge in [-0.05, 0) is 49.7 Å². The van der Waals surface area contributed by atoms with Crippen LogP contribution in [-0.4, -0.2) is 52.8 Å². The molecule has 1 saturated heterocycles. The van der Waals surface area contributed by atoms with E-state index < -0.39 is 0 Å². The van der Waals surface area contributed by atoms with Gasteiger partial charge in [-0.25, -0.2) is 4.39 Å². The van der Waals surface area contributed by atoms with Crippen LogP contribution in [0.4, 0.5) is 4.39 Å². The molecule has 0 unspecified atom stereocenters. The summed E-state index contributed by atoms with van der Waals surface area (Å²) in [5, 5.41) is 0. The molecule has 2 heterocycles. The topological polar surface area (TPSA) is 53.5 Å². The number of hydrogen-bond acceptors (Lipinski definition) is 3. The predicted molar refractivity (Wildman–Crippen MR) is 91.8 cm³/mol. The highest BCUT2D eigenvalue weighted by molar-refractivity contribution is 5.96. The highest BCUT2D eigenvalue weighted by atomic mass is 19.1. The fourth-order valence-electron chi connectivity index (χ4n) is 2.98. The highest BCUT2D eigenvalue weighted by Gasteiger charge is 2.24. The van der Waals surface area contributed by atoms with Crippen LogP contribution in [0, 0.1) is 12.7 Å². The van der Waals surface area contributed by atoms with Crippen LogP contribution in [0.1, 0.15) is 32.8 Å². The Morgan fingerprint density at radius 2 is 1.60 bits per heavy atom. The Hall–Kier alpha value is -2.76. The van der Waals surface area contributed by atoms with E-state index in [1.54, 1.807) is 28.1 Å². The van der Waals surface area contributed by atoms with E-state index in [9.17, 15) is 14.0 Å². The first-order valence-corrected chi connectivity index (χ1v) is 8.32. The van der Waals surface area contributed by atoms with Gasteiger partial charge in [0.25, 0.3) is 11.8 Å². The summed E-state index contributed by atoms with van der Waals surface area (Å²) < 4.78 is 13.0. The van der Waals surface area contributed by atoms with Crippen molar-refractivity contribution in [1.29, 1.82) is 0 Å². The summed E-state index contributed by atoms with van der Waals surface area (Å²) in [5.41, 5.74) is 1.76. The van der Waals surface area contributed by atoms with E-state index in [0.717, 1.165) is 0 Å². The van der Waals surface area contributed by atoms with Gasteiger partial charge in [0, 0.05) is 43.6 Å². The Bertz CT molecular complexity index is 776. The van der Waals surface area contributed by atoms with E-state index >= 15 is 0 Å². The Labute approximate surface area is 146 Å². The van der Waals surface area contributed by atoms with Crippen LogP contribution in [-0.2, 0) is 0 Å². The molecule has 25 heavy (non-hydrogen) atoms. The van der Waals surface area contributed by atoms with Gasteiger partial charge in [0.05, 0.1) is 5.56 Å². The zero-order chi connectivity index (χ0) is 17.8. The van der Waals surface area contributed by atoms with Gasteiger partial charge in [-0.15, -0.1) is 0 Å². The monoisotopic (exact) mass is 341 g/mol. The molecule has 0 spiro atoms. The number of pyridine rings is 1. The fourth-order valence-corrected chi connectivity index (χ4v) is 2.98. The number of hydrogen-bond donors (Lipinski definition) is 0. The van der Waals surface area contributed by atoms with Gasteiger partial charge in [0.2, 0.25) is 0 Å². The molecule has 0 atom stereocenters. The molecule has 1 aliphatic rings. The van der Waals surface area contributed by atoms with Crippen molar-refractivity contribution >= 4 is 11.8 Å². The van der Waals surface area contributed by atoms with E-state index in [1.165, 1.54) is 24.3 Å². The van der Waals surface area contributed by atoms with Crippen LogP contribution in [0.5, 0.6) is 0 Å². The fraction of sp³-hybridized carbons (Fsp3) is 0.316. The highest BCUT2D eigenvalue weighted by Crippen LogP contribution is 2.14. The molecule has 0 saturated carbocycles. The maximum absolute atomic E-state index is 13.0. The van der Waals surface area contributed by atoms with E-state index in [4.69, 9.17) is 0 Å². The first-order chi connectivity index (χ1) is 12.1. The molecule has 0 aliphatic carbocycles. The van der Waals surface area contributed by atoms with E-state index in [2.05, 4.69) is 4.98 Å². The van der Waals surface area contributed by atoms with Gasteiger partial charge in [-0.2, -0.15) is 0 Å². The van der Waals surface area contributed by atoms with Gasteiger partial charge in [-0.1, -0.05) is 0 Å². The lowest BCUT2D eigenvalue weighted by Crippen LogP contribution is -2.37. The third-order valence-corrected chi connectivity index (χ3v) is 4.40. The summed E-state index contributed by atoms with van der Waals surface area (Å²) in [7, 11) is 0. The van der Waals surface area contributed by atoms with E-state index in [0.29, 0.717) is 49.4 Å². The molecular weight excluding hydrogens is 321 g/mol. The van der Waals surface area contributed by atoms with Crippen molar-refractivity contribution in [2.45, 2.75) is 13.3 Å². The van der Waals surface area contributed by atoms with Crippen LogP contribution in [0.25, 0.3) is 0 Å². The lowest BCUT2D eigenvalue weighted by atomic mass is 10.2. The molecule has 1 fully saturated rings. The number of carbonyl (C=O) groups excluding carboxylic acids is 2. The summed E-state index contributed by atoms with van der Waals surface area (Å²) in [6.45, 7) is 3.92. The minimum Gasteiger partial charge on any atom is -0.337 e. The van der Waals surface area contributed by atoms with Crippen molar-refractivity contribution < 1.29 is 14.0 Å². The number of aromatic nitrogens is 1. The molecule has 3 rings (SSSR count). The van der Waals surface area contributed by atoms with Crippen molar-refractivity contribution in [2.24, 2.45) is 0 Å². The normalized spacial score (nSPS) is 15.0. The summed E-state index contributed by atoms with van der Waals surface area (Å²) in [6.07, 6.45) is 2.37. The first-order valence-electron chi connectivity index (χ1n) is 8.32. The van der Waals surface area contributed by atoms with Crippen LogP contribution in [0.3, 0.4) is 0 Å². The molecular formula is C19H20FN3O2. The Kier molecular flexibility index (Phi) is 5.07. The third-order valence-electron chi connectivity index (χ3n) is 4.40. The zero-order valence-electron chi connectivity index (χ0n) is 14.1. The van der Waals surface area contributed by atoms with E-state index in [-0.39, 0.29) is 17.6 Å². The predicted octanol–water partition coefficient (Wildman–Crippen LogP) is 2.52. The average Bonchev–Trinajstić information content (AvgIpc) is 2.88. The second kappa shape index (κ2) is 7.42.